The Bertz CT molecular complexity index is 703. The van der Waals surface area contributed by atoms with Crippen LogP contribution in [0.2, 0.25) is 0 Å². The smallest absolute Gasteiger partial charge is 0.324 e. The van der Waals surface area contributed by atoms with E-state index >= 15 is 0 Å². The van der Waals surface area contributed by atoms with Crippen LogP contribution in [0.5, 0.6) is 0 Å². The Morgan fingerprint density at radius 2 is 1.62 bits per heavy atom. The van der Waals surface area contributed by atoms with Gasteiger partial charge < -0.3 is 10.4 Å². The third-order valence-corrected chi connectivity index (χ3v) is 4.21. The molecular formula is C19H20N2O3. The van der Waals surface area contributed by atoms with Gasteiger partial charge in [0.25, 0.3) is 5.91 Å². The van der Waals surface area contributed by atoms with Crippen molar-refractivity contribution in [3.63, 3.8) is 0 Å². The predicted octanol–water partition coefficient (Wildman–Crippen LogP) is 2.27. The lowest BCUT2D eigenvalue weighted by molar-refractivity contribution is -0.128. The number of β-amino-alcohol motifs (C(OH)–C–C–N with tert-alkyl or cyclic N) is 1. The number of carbonyl (C=O) groups excluding carboxylic acids is 2. The van der Waals surface area contributed by atoms with E-state index in [0.29, 0.717) is 18.4 Å². The minimum absolute atomic E-state index is 0.0312. The Hall–Kier alpha value is -2.66. The maximum atomic E-state index is 12.4. The summed E-state index contributed by atoms with van der Waals surface area (Å²) < 4.78 is 0. The van der Waals surface area contributed by atoms with Crippen LogP contribution in [-0.4, -0.2) is 34.5 Å². The monoisotopic (exact) mass is 324 g/mol. The van der Waals surface area contributed by atoms with Crippen LogP contribution in [0.25, 0.3) is 0 Å². The molecule has 5 heteroatoms. The van der Waals surface area contributed by atoms with E-state index in [9.17, 15) is 14.7 Å². The Kier molecular flexibility index (Phi) is 4.91. The van der Waals surface area contributed by atoms with Crippen molar-refractivity contribution in [3.8, 4) is 0 Å². The lowest BCUT2D eigenvalue weighted by atomic mass is 10.1. The summed E-state index contributed by atoms with van der Waals surface area (Å²) in [4.78, 5) is 25.6. The first-order valence-electron chi connectivity index (χ1n) is 8.04. The van der Waals surface area contributed by atoms with Crippen molar-refractivity contribution in [2.45, 2.75) is 25.0 Å². The van der Waals surface area contributed by atoms with Gasteiger partial charge in [0.05, 0.1) is 12.6 Å². The third kappa shape index (κ3) is 3.63. The van der Waals surface area contributed by atoms with E-state index in [4.69, 9.17) is 0 Å². The number of carbonyl (C=O) groups is 2. The van der Waals surface area contributed by atoms with Crippen molar-refractivity contribution >= 4 is 11.9 Å². The Balaban J connectivity index is 1.59. The largest absolute Gasteiger partial charge is 0.387 e. The van der Waals surface area contributed by atoms with Gasteiger partial charge in [0.1, 0.15) is 6.04 Å². The number of rotatable bonds is 6. The van der Waals surface area contributed by atoms with Crippen molar-refractivity contribution in [2.75, 3.05) is 6.54 Å². The van der Waals surface area contributed by atoms with Gasteiger partial charge in [0, 0.05) is 0 Å². The number of hydrogen-bond donors (Lipinski definition) is 2. The summed E-state index contributed by atoms with van der Waals surface area (Å²) in [5, 5.41) is 12.9. The second kappa shape index (κ2) is 7.27. The first-order chi connectivity index (χ1) is 11.6. The standard InChI is InChI=1S/C19H20N2O3/c22-17(15-9-5-2-6-10-15)13-21-18(23)16(20-19(21)24)12-11-14-7-3-1-4-8-14/h1-10,16-17,22H,11-13H2,(H,20,24). The molecule has 1 aliphatic rings. The lowest BCUT2D eigenvalue weighted by Gasteiger charge is -2.18. The second-order valence-corrected chi connectivity index (χ2v) is 5.90. The maximum Gasteiger partial charge on any atom is 0.324 e. The number of hydrogen-bond acceptors (Lipinski definition) is 3. The molecule has 2 aromatic carbocycles. The number of amides is 3. The molecule has 0 spiro atoms. The van der Waals surface area contributed by atoms with Crippen LogP contribution >= 0.6 is 0 Å². The minimum atomic E-state index is -0.881. The highest BCUT2D eigenvalue weighted by Gasteiger charge is 2.38. The average Bonchev–Trinajstić information content (AvgIpc) is 2.89. The van der Waals surface area contributed by atoms with Crippen molar-refractivity contribution in [2.24, 2.45) is 0 Å². The van der Waals surface area contributed by atoms with Gasteiger partial charge in [-0.1, -0.05) is 60.7 Å². The number of aliphatic hydroxyl groups excluding tert-OH is 1. The second-order valence-electron chi connectivity index (χ2n) is 5.90. The van der Waals surface area contributed by atoms with Crippen LogP contribution in [0.1, 0.15) is 23.7 Å². The van der Waals surface area contributed by atoms with E-state index in [-0.39, 0.29) is 12.5 Å². The quantitative estimate of drug-likeness (QED) is 0.801. The Labute approximate surface area is 140 Å². The Morgan fingerprint density at radius 3 is 2.29 bits per heavy atom. The first-order valence-corrected chi connectivity index (χ1v) is 8.04. The SMILES string of the molecule is O=C1NC(CCc2ccccc2)C(=O)N1CC(O)c1ccccc1. The van der Waals surface area contributed by atoms with E-state index in [0.717, 1.165) is 10.5 Å². The molecule has 1 aliphatic heterocycles. The van der Waals surface area contributed by atoms with Gasteiger partial charge in [0.15, 0.2) is 0 Å². The van der Waals surface area contributed by atoms with Gasteiger partial charge in [-0.15, -0.1) is 0 Å². The number of urea groups is 1. The first kappa shape index (κ1) is 16.2. The fourth-order valence-electron chi connectivity index (χ4n) is 2.85. The van der Waals surface area contributed by atoms with Crippen LogP contribution in [0.15, 0.2) is 60.7 Å². The molecule has 124 valence electrons. The molecule has 0 saturated carbocycles. The molecule has 5 nitrogen and oxygen atoms in total. The summed E-state index contributed by atoms with van der Waals surface area (Å²) in [5.74, 6) is -0.272. The van der Waals surface area contributed by atoms with E-state index in [1.807, 2.05) is 48.5 Å². The highest BCUT2D eigenvalue weighted by atomic mass is 16.3. The molecule has 3 amide bonds. The van der Waals surface area contributed by atoms with Gasteiger partial charge in [-0.2, -0.15) is 0 Å². The average molecular weight is 324 g/mol. The summed E-state index contributed by atoms with van der Waals surface area (Å²) in [7, 11) is 0. The van der Waals surface area contributed by atoms with E-state index in [1.165, 1.54) is 0 Å². The molecule has 0 aromatic heterocycles. The summed E-state index contributed by atoms with van der Waals surface area (Å²) in [5.41, 5.74) is 1.81. The van der Waals surface area contributed by atoms with Gasteiger partial charge in [-0.05, 0) is 24.0 Å². The molecule has 0 bridgehead atoms. The van der Waals surface area contributed by atoms with Crippen LogP contribution in [0.3, 0.4) is 0 Å². The molecule has 3 rings (SSSR count). The Morgan fingerprint density at radius 1 is 1.00 bits per heavy atom. The zero-order valence-corrected chi connectivity index (χ0v) is 13.3. The molecule has 2 atom stereocenters. The van der Waals surface area contributed by atoms with Gasteiger partial charge in [0.2, 0.25) is 0 Å². The number of nitrogens with one attached hydrogen (secondary N) is 1. The number of aryl methyl sites for hydroxylation is 1. The molecular weight excluding hydrogens is 304 g/mol. The zero-order valence-electron chi connectivity index (χ0n) is 13.3. The molecule has 2 N–H and O–H groups in total. The van der Waals surface area contributed by atoms with Crippen molar-refractivity contribution in [3.05, 3.63) is 71.8 Å². The molecule has 2 unspecified atom stereocenters. The van der Waals surface area contributed by atoms with Crippen LogP contribution in [-0.2, 0) is 11.2 Å². The minimum Gasteiger partial charge on any atom is -0.387 e. The molecule has 1 heterocycles. The fraction of sp³-hybridized carbons (Fsp3) is 0.263. The highest BCUT2D eigenvalue weighted by molar-refractivity contribution is 6.04. The number of benzene rings is 2. The molecule has 2 aromatic rings. The topological polar surface area (TPSA) is 69.6 Å². The molecule has 1 saturated heterocycles. The van der Waals surface area contributed by atoms with Gasteiger partial charge in [-0.25, -0.2) is 4.79 Å². The lowest BCUT2D eigenvalue weighted by Crippen LogP contribution is -2.35. The summed E-state index contributed by atoms with van der Waals surface area (Å²) in [6.45, 7) is -0.0312. The third-order valence-electron chi connectivity index (χ3n) is 4.21. The number of imide groups is 1. The normalized spacial score (nSPS) is 18.5. The van der Waals surface area contributed by atoms with Gasteiger partial charge >= 0.3 is 6.03 Å². The van der Waals surface area contributed by atoms with Gasteiger partial charge in [-0.3, -0.25) is 9.69 Å². The van der Waals surface area contributed by atoms with E-state index in [2.05, 4.69) is 5.32 Å². The zero-order chi connectivity index (χ0) is 16.9. The summed E-state index contributed by atoms with van der Waals surface area (Å²) in [6, 6.07) is 17.9. The van der Waals surface area contributed by atoms with Crippen LogP contribution in [0.4, 0.5) is 4.79 Å². The van der Waals surface area contributed by atoms with Crippen molar-refractivity contribution < 1.29 is 14.7 Å². The summed E-state index contributed by atoms with van der Waals surface area (Å²) in [6.07, 6.45) is 0.382. The molecule has 1 fully saturated rings. The highest BCUT2D eigenvalue weighted by Crippen LogP contribution is 2.18. The van der Waals surface area contributed by atoms with Crippen molar-refractivity contribution in [1.29, 1.82) is 0 Å². The van der Waals surface area contributed by atoms with Crippen LogP contribution in [0, 0.1) is 0 Å². The van der Waals surface area contributed by atoms with E-state index in [1.54, 1.807) is 12.1 Å². The number of nitrogens with zero attached hydrogens (tertiary/aromatic N) is 1. The fourth-order valence-corrected chi connectivity index (χ4v) is 2.85. The van der Waals surface area contributed by atoms with E-state index < -0.39 is 18.2 Å². The molecule has 24 heavy (non-hydrogen) atoms. The van der Waals surface area contributed by atoms with Crippen molar-refractivity contribution in [1.82, 2.24) is 10.2 Å². The maximum absolute atomic E-state index is 12.4. The number of aliphatic hydroxyl groups is 1. The molecule has 0 radical (unpaired) electrons. The van der Waals surface area contributed by atoms with Crippen LogP contribution < -0.4 is 5.32 Å². The summed E-state index contributed by atoms with van der Waals surface area (Å²) >= 11 is 0. The predicted molar refractivity (Wildman–Crippen MR) is 90.2 cm³/mol. The molecule has 0 aliphatic carbocycles.